The lowest BCUT2D eigenvalue weighted by Gasteiger charge is -1.97. The van der Waals surface area contributed by atoms with Crippen molar-refractivity contribution in [1.29, 1.82) is 0 Å². The number of benzene rings is 1. The van der Waals surface area contributed by atoms with Crippen LogP contribution >= 0.6 is 0 Å². The van der Waals surface area contributed by atoms with E-state index in [1.54, 1.807) is 0 Å². The smallest absolute Gasteiger partial charge is 0.225 e. The van der Waals surface area contributed by atoms with Gasteiger partial charge in [-0.3, -0.25) is 0 Å². The van der Waals surface area contributed by atoms with Gasteiger partial charge in [0, 0.05) is 0 Å². The number of hydrogen-bond donors (Lipinski definition) is 1. The van der Waals surface area contributed by atoms with Crippen molar-refractivity contribution in [2.24, 2.45) is 11.1 Å². The normalized spacial score (nSPS) is 10.8. The largest absolute Gasteiger partial charge is 0.240 e. The van der Waals surface area contributed by atoms with Crippen LogP contribution in [0.4, 0.5) is 4.39 Å². The van der Waals surface area contributed by atoms with Crippen LogP contribution in [0.2, 0.25) is 0 Å². The lowest BCUT2D eigenvalue weighted by atomic mass is 10.3. The maximum absolute atomic E-state index is 12.6. The summed E-state index contributed by atoms with van der Waals surface area (Å²) in [5.41, 5.74) is 0. The molecule has 0 aliphatic heterocycles. The monoisotopic (exact) mass is 233 g/mol. The van der Waals surface area contributed by atoms with Gasteiger partial charge >= 0.3 is 0 Å². The van der Waals surface area contributed by atoms with Crippen molar-refractivity contribution >= 4 is 10.0 Å². The third-order valence-electron chi connectivity index (χ3n) is 1.14. The first kappa shape index (κ1) is 14.1. The molecule has 0 aliphatic carbocycles. The molecule has 2 N–H and O–H groups in total. The number of halogens is 1. The van der Waals surface area contributed by atoms with Crippen LogP contribution in [0.3, 0.4) is 0 Å². The van der Waals surface area contributed by atoms with Crippen LogP contribution in [0.5, 0.6) is 0 Å². The quantitative estimate of drug-likeness (QED) is 0.807. The highest BCUT2D eigenvalue weighted by atomic mass is 32.2. The molecule has 0 fully saturated rings. The van der Waals surface area contributed by atoms with Gasteiger partial charge < -0.3 is 0 Å². The number of primary sulfonamides is 1. The summed E-state index contributed by atoms with van der Waals surface area (Å²) in [7, 11) is -3.91. The van der Waals surface area contributed by atoms with E-state index >= 15 is 0 Å². The Hall–Kier alpha value is -0.940. The Labute approximate surface area is 90.2 Å². The molecule has 3 nitrogen and oxygen atoms in total. The van der Waals surface area contributed by atoms with Crippen LogP contribution < -0.4 is 5.14 Å². The Kier molecular flexibility index (Phi) is 5.46. The Morgan fingerprint density at radius 2 is 1.60 bits per heavy atom. The van der Waals surface area contributed by atoms with Crippen molar-refractivity contribution < 1.29 is 12.8 Å². The second-order valence-electron chi connectivity index (χ2n) is 3.71. The predicted octanol–water partition coefficient (Wildman–Crippen LogP) is 2.14. The highest BCUT2D eigenvalue weighted by Crippen LogP contribution is 2.10. The van der Waals surface area contributed by atoms with Crippen LogP contribution in [0.1, 0.15) is 20.8 Å². The van der Waals surface area contributed by atoms with E-state index in [9.17, 15) is 12.8 Å². The number of nitrogens with two attached hydrogens (primary N) is 1. The average molecular weight is 233 g/mol. The van der Waals surface area contributed by atoms with Crippen molar-refractivity contribution in [2.75, 3.05) is 0 Å². The molecule has 1 rings (SSSR count). The molecule has 0 aromatic heterocycles. The first-order valence-corrected chi connectivity index (χ1v) is 6.07. The third kappa shape index (κ3) is 6.19. The minimum Gasteiger partial charge on any atom is -0.225 e. The second-order valence-corrected chi connectivity index (χ2v) is 5.24. The predicted molar refractivity (Wildman–Crippen MR) is 58.3 cm³/mol. The standard InChI is InChI=1S/C6H6FNO2S.C4H10/c7-5-3-1-2-4-6(5)11(8,9)10;1-4(2)3/h1-4H,(H2,8,9,10);4H,1-3H3. The van der Waals surface area contributed by atoms with E-state index in [1.165, 1.54) is 12.1 Å². The lowest BCUT2D eigenvalue weighted by molar-refractivity contribution is 0.568. The van der Waals surface area contributed by atoms with Gasteiger partial charge in [0.25, 0.3) is 0 Å². The lowest BCUT2D eigenvalue weighted by Crippen LogP contribution is -2.13. The molecule has 0 unspecified atom stereocenters. The average Bonchev–Trinajstić information content (AvgIpc) is 2.01. The first-order chi connectivity index (χ1) is 6.75. The van der Waals surface area contributed by atoms with E-state index < -0.39 is 20.7 Å². The van der Waals surface area contributed by atoms with Crippen molar-refractivity contribution in [2.45, 2.75) is 25.7 Å². The highest BCUT2D eigenvalue weighted by Gasteiger charge is 2.11. The van der Waals surface area contributed by atoms with Gasteiger partial charge in [0.15, 0.2) is 0 Å². The molecule has 15 heavy (non-hydrogen) atoms. The Balaban J connectivity index is 0.000000423. The molecule has 0 spiro atoms. The molecular formula is C10H16FNO2S. The Morgan fingerprint density at radius 3 is 1.87 bits per heavy atom. The molecule has 1 aromatic carbocycles. The molecule has 0 atom stereocenters. The van der Waals surface area contributed by atoms with E-state index in [1.807, 2.05) is 0 Å². The van der Waals surface area contributed by atoms with Crippen LogP contribution in [0.25, 0.3) is 0 Å². The van der Waals surface area contributed by atoms with Gasteiger partial charge in [-0.05, 0) is 18.1 Å². The fourth-order valence-corrected chi connectivity index (χ4v) is 1.28. The van der Waals surface area contributed by atoms with Crippen LogP contribution in [0.15, 0.2) is 29.2 Å². The molecule has 0 amide bonds. The van der Waals surface area contributed by atoms with E-state index in [-0.39, 0.29) is 0 Å². The molecule has 0 radical (unpaired) electrons. The van der Waals surface area contributed by atoms with E-state index in [0.717, 1.165) is 18.1 Å². The molecule has 0 saturated carbocycles. The maximum Gasteiger partial charge on any atom is 0.240 e. The second kappa shape index (κ2) is 5.82. The fraction of sp³-hybridized carbons (Fsp3) is 0.400. The zero-order chi connectivity index (χ0) is 12.1. The highest BCUT2D eigenvalue weighted by molar-refractivity contribution is 7.89. The molecule has 1 aromatic rings. The van der Waals surface area contributed by atoms with Crippen molar-refractivity contribution in [3.05, 3.63) is 30.1 Å². The summed E-state index contributed by atoms with van der Waals surface area (Å²) in [6.45, 7) is 6.50. The summed E-state index contributed by atoms with van der Waals surface area (Å²) in [6.07, 6.45) is 0. The molecule has 0 saturated heterocycles. The summed E-state index contributed by atoms with van der Waals surface area (Å²) in [6, 6.07) is 4.96. The summed E-state index contributed by atoms with van der Waals surface area (Å²) in [4.78, 5) is -0.472. The van der Waals surface area contributed by atoms with Gasteiger partial charge in [-0.1, -0.05) is 32.9 Å². The minimum atomic E-state index is -3.91. The zero-order valence-electron chi connectivity index (χ0n) is 9.07. The zero-order valence-corrected chi connectivity index (χ0v) is 9.88. The summed E-state index contributed by atoms with van der Waals surface area (Å²) in [5.74, 6) is 0.00926. The molecule has 0 heterocycles. The third-order valence-corrected chi connectivity index (χ3v) is 2.09. The Morgan fingerprint density at radius 1 is 1.20 bits per heavy atom. The summed E-state index contributed by atoms with van der Waals surface area (Å²) < 4.78 is 33.8. The van der Waals surface area contributed by atoms with Gasteiger partial charge in [-0.25, -0.2) is 17.9 Å². The molecule has 0 bridgehead atoms. The van der Waals surface area contributed by atoms with Gasteiger partial charge in [-0.15, -0.1) is 0 Å². The van der Waals surface area contributed by atoms with Gasteiger partial charge in [0.1, 0.15) is 10.7 Å². The maximum atomic E-state index is 12.6. The number of sulfonamides is 1. The van der Waals surface area contributed by atoms with Crippen LogP contribution in [-0.4, -0.2) is 8.42 Å². The Bertz CT molecular complexity index is 399. The van der Waals surface area contributed by atoms with Gasteiger partial charge in [0.05, 0.1) is 0 Å². The van der Waals surface area contributed by atoms with Crippen molar-refractivity contribution in [3.63, 3.8) is 0 Å². The molecule has 5 heteroatoms. The molecular weight excluding hydrogens is 217 g/mol. The topological polar surface area (TPSA) is 60.2 Å². The van der Waals surface area contributed by atoms with Crippen molar-refractivity contribution in [3.8, 4) is 0 Å². The molecule has 0 aliphatic rings. The SMILES string of the molecule is CC(C)C.NS(=O)(=O)c1ccccc1F. The van der Waals surface area contributed by atoms with E-state index in [0.29, 0.717) is 0 Å². The minimum absolute atomic E-state index is 0.472. The summed E-state index contributed by atoms with van der Waals surface area (Å²) in [5, 5.41) is 4.69. The number of hydrogen-bond acceptors (Lipinski definition) is 2. The fourth-order valence-electron chi connectivity index (χ4n) is 0.675. The summed E-state index contributed by atoms with van der Waals surface area (Å²) >= 11 is 0. The van der Waals surface area contributed by atoms with Gasteiger partial charge in [0.2, 0.25) is 10.0 Å². The van der Waals surface area contributed by atoms with E-state index in [2.05, 4.69) is 25.9 Å². The number of rotatable bonds is 1. The van der Waals surface area contributed by atoms with Crippen molar-refractivity contribution in [1.82, 2.24) is 0 Å². The first-order valence-electron chi connectivity index (χ1n) is 4.52. The van der Waals surface area contributed by atoms with Crippen LogP contribution in [0, 0.1) is 11.7 Å². The van der Waals surface area contributed by atoms with E-state index in [4.69, 9.17) is 0 Å². The molecule has 86 valence electrons. The van der Waals surface area contributed by atoms with Crippen LogP contribution in [-0.2, 0) is 10.0 Å². The van der Waals surface area contributed by atoms with Gasteiger partial charge in [-0.2, -0.15) is 0 Å².